The van der Waals surface area contributed by atoms with Crippen molar-refractivity contribution in [1.82, 2.24) is 30.0 Å². The summed E-state index contributed by atoms with van der Waals surface area (Å²) in [6.07, 6.45) is 0.953. The highest BCUT2D eigenvalue weighted by Gasteiger charge is 2.26. The van der Waals surface area contributed by atoms with E-state index in [0.29, 0.717) is 51.5 Å². The molecule has 0 saturated carbocycles. The van der Waals surface area contributed by atoms with Crippen LogP contribution in [0.3, 0.4) is 0 Å². The quantitative estimate of drug-likeness (QED) is 0.667. The minimum atomic E-state index is -0.0305. The molecular weight excluding hydrogens is 348 g/mol. The van der Waals surface area contributed by atoms with Gasteiger partial charge in [0, 0.05) is 38.7 Å². The van der Waals surface area contributed by atoms with Crippen molar-refractivity contribution >= 4 is 11.8 Å². The summed E-state index contributed by atoms with van der Waals surface area (Å²) < 4.78 is 5.00. The number of carbonyl (C=O) groups is 2. The Kier molecular flexibility index (Phi) is 6.48. The minimum absolute atomic E-state index is 0.0156. The van der Waals surface area contributed by atoms with Crippen LogP contribution in [0.4, 0.5) is 0 Å². The van der Waals surface area contributed by atoms with Gasteiger partial charge < -0.3 is 14.5 Å². The zero-order valence-electron chi connectivity index (χ0n) is 15.5. The van der Waals surface area contributed by atoms with Crippen molar-refractivity contribution in [2.75, 3.05) is 39.9 Å². The van der Waals surface area contributed by atoms with Crippen LogP contribution in [0, 0.1) is 0 Å². The second-order valence-electron chi connectivity index (χ2n) is 6.37. The predicted octanol–water partition coefficient (Wildman–Crippen LogP) is 0.438. The maximum Gasteiger partial charge on any atom is 0.242 e. The second kappa shape index (κ2) is 9.22. The molecule has 1 saturated heterocycles. The first-order valence-corrected chi connectivity index (χ1v) is 9.05. The van der Waals surface area contributed by atoms with Gasteiger partial charge in [0.15, 0.2) is 0 Å². The van der Waals surface area contributed by atoms with Gasteiger partial charge in [-0.2, -0.15) is 4.80 Å². The van der Waals surface area contributed by atoms with Gasteiger partial charge >= 0.3 is 0 Å². The molecule has 144 valence electrons. The highest BCUT2D eigenvalue weighted by molar-refractivity contribution is 5.86. The third-order valence-electron chi connectivity index (χ3n) is 4.47. The predicted molar refractivity (Wildman–Crippen MR) is 97.5 cm³/mol. The lowest BCUT2D eigenvalue weighted by molar-refractivity contribution is -0.145. The fraction of sp³-hybridized carbons (Fsp3) is 0.500. The Balaban J connectivity index is 1.43. The number of ether oxygens (including phenoxy) is 1. The zero-order chi connectivity index (χ0) is 19.1. The monoisotopic (exact) mass is 372 g/mol. The third-order valence-corrected chi connectivity index (χ3v) is 4.47. The Morgan fingerprint density at radius 1 is 1.19 bits per heavy atom. The molecule has 0 atom stereocenters. The molecule has 0 spiro atoms. The molecule has 2 amide bonds. The van der Waals surface area contributed by atoms with Crippen LogP contribution in [0.2, 0.25) is 0 Å². The van der Waals surface area contributed by atoms with Crippen LogP contribution in [-0.4, -0.2) is 81.7 Å². The highest BCUT2D eigenvalue weighted by Crippen LogP contribution is 2.12. The Hall–Kier alpha value is -2.81. The van der Waals surface area contributed by atoms with Crippen molar-refractivity contribution in [3.05, 3.63) is 30.3 Å². The van der Waals surface area contributed by atoms with E-state index in [0.717, 1.165) is 5.56 Å². The highest BCUT2D eigenvalue weighted by atomic mass is 16.5. The van der Waals surface area contributed by atoms with E-state index in [-0.39, 0.29) is 18.4 Å². The first-order valence-electron chi connectivity index (χ1n) is 9.05. The first kappa shape index (κ1) is 19.0. The maximum absolute atomic E-state index is 12.3. The molecule has 0 bridgehead atoms. The van der Waals surface area contributed by atoms with Crippen LogP contribution < -0.4 is 0 Å². The summed E-state index contributed by atoms with van der Waals surface area (Å²) in [5.74, 6) is 0.523. The molecule has 9 nitrogen and oxygen atoms in total. The second-order valence-corrected chi connectivity index (χ2v) is 6.37. The molecule has 0 unspecified atom stereocenters. The average molecular weight is 372 g/mol. The Morgan fingerprint density at radius 2 is 2.00 bits per heavy atom. The van der Waals surface area contributed by atoms with E-state index in [4.69, 9.17) is 4.74 Å². The van der Waals surface area contributed by atoms with Gasteiger partial charge in [0.05, 0.1) is 19.7 Å². The maximum atomic E-state index is 12.3. The van der Waals surface area contributed by atoms with Crippen molar-refractivity contribution in [1.29, 1.82) is 0 Å². The van der Waals surface area contributed by atoms with E-state index in [2.05, 4.69) is 15.4 Å². The van der Waals surface area contributed by atoms with E-state index < -0.39 is 0 Å². The Morgan fingerprint density at radius 3 is 2.74 bits per heavy atom. The number of hydrogen-bond donors (Lipinski definition) is 0. The molecule has 0 N–H and O–H groups in total. The zero-order valence-corrected chi connectivity index (χ0v) is 15.5. The number of rotatable bonds is 8. The Bertz CT molecular complexity index is 763. The fourth-order valence-corrected chi connectivity index (χ4v) is 2.93. The third kappa shape index (κ3) is 5.10. The number of nitrogens with zero attached hydrogens (tertiary/aromatic N) is 6. The van der Waals surface area contributed by atoms with Gasteiger partial charge in [-0.15, -0.1) is 10.2 Å². The van der Waals surface area contributed by atoms with Crippen LogP contribution in [0.5, 0.6) is 0 Å². The summed E-state index contributed by atoms with van der Waals surface area (Å²) >= 11 is 0. The van der Waals surface area contributed by atoms with Gasteiger partial charge in [-0.25, -0.2) is 0 Å². The number of aromatic nitrogens is 4. The normalized spacial score (nSPS) is 14.6. The summed E-state index contributed by atoms with van der Waals surface area (Å²) in [6.45, 7) is 2.84. The molecule has 2 aromatic rings. The number of hydrogen-bond acceptors (Lipinski definition) is 6. The van der Waals surface area contributed by atoms with Gasteiger partial charge in [-0.3, -0.25) is 9.59 Å². The van der Waals surface area contributed by atoms with Crippen molar-refractivity contribution in [2.24, 2.45) is 0 Å². The molecular formula is C18H24N6O3. The van der Waals surface area contributed by atoms with E-state index >= 15 is 0 Å². The number of carbonyl (C=O) groups excluding carboxylic acids is 2. The molecule has 1 aliphatic heterocycles. The van der Waals surface area contributed by atoms with Crippen molar-refractivity contribution < 1.29 is 14.3 Å². The van der Waals surface area contributed by atoms with Crippen molar-refractivity contribution in [3.63, 3.8) is 0 Å². The van der Waals surface area contributed by atoms with Gasteiger partial charge in [0.2, 0.25) is 17.6 Å². The van der Waals surface area contributed by atoms with E-state index in [1.165, 1.54) is 4.80 Å². The lowest BCUT2D eigenvalue weighted by atomic mass is 10.2. The van der Waals surface area contributed by atoms with Crippen LogP contribution in [0.15, 0.2) is 30.3 Å². The van der Waals surface area contributed by atoms with Crippen LogP contribution in [0.25, 0.3) is 11.4 Å². The summed E-state index contributed by atoms with van der Waals surface area (Å²) in [5, 5.41) is 12.4. The fourth-order valence-electron chi connectivity index (χ4n) is 2.93. The summed E-state index contributed by atoms with van der Waals surface area (Å²) in [6, 6.07) is 9.63. The topological polar surface area (TPSA) is 93.4 Å². The molecule has 1 fully saturated rings. The lowest BCUT2D eigenvalue weighted by Crippen LogP contribution is -2.52. The molecule has 0 radical (unpaired) electrons. The standard InChI is InChI=1S/C18H24N6O3/c1-27-13-12-22-10-11-23(14-17(22)26)16(25)8-5-9-24-20-18(19-21-24)15-6-3-2-4-7-15/h2-4,6-7H,5,8-14H2,1H3. The number of aryl methyl sites for hydroxylation is 1. The van der Waals surface area contributed by atoms with Gasteiger partial charge in [-0.05, 0) is 11.6 Å². The smallest absolute Gasteiger partial charge is 0.242 e. The van der Waals surface area contributed by atoms with Crippen molar-refractivity contribution in [2.45, 2.75) is 19.4 Å². The summed E-state index contributed by atoms with van der Waals surface area (Å²) in [5.41, 5.74) is 0.907. The Labute approximate surface area is 157 Å². The number of methoxy groups -OCH3 is 1. The molecule has 3 rings (SSSR count). The van der Waals surface area contributed by atoms with Gasteiger partial charge in [-0.1, -0.05) is 30.3 Å². The van der Waals surface area contributed by atoms with Crippen LogP contribution in [0.1, 0.15) is 12.8 Å². The number of tetrazole rings is 1. The summed E-state index contributed by atoms with van der Waals surface area (Å²) in [7, 11) is 1.61. The molecule has 1 aliphatic rings. The number of amides is 2. The summed E-state index contributed by atoms with van der Waals surface area (Å²) in [4.78, 5) is 29.3. The molecule has 1 aromatic carbocycles. The van der Waals surface area contributed by atoms with Crippen LogP contribution in [-0.2, 0) is 20.9 Å². The molecule has 9 heteroatoms. The largest absolute Gasteiger partial charge is 0.383 e. The van der Waals surface area contributed by atoms with E-state index in [9.17, 15) is 9.59 Å². The van der Waals surface area contributed by atoms with Crippen molar-refractivity contribution in [3.8, 4) is 11.4 Å². The van der Waals surface area contributed by atoms with Crippen LogP contribution >= 0.6 is 0 Å². The average Bonchev–Trinajstić information content (AvgIpc) is 3.16. The van der Waals surface area contributed by atoms with E-state index in [1.54, 1.807) is 16.9 Å². The SMILES string of the molecule is COCCN1CCN(C(=O)CCCn2nnc(-c3ccccc3)n2)CC1=O. The molecule has 2 heterocycles. The number of benzene rings is 1. The van der Waals surface area contributed by atoms with E-state index in [1.807, 2.05) is 30.3 Å². The molecule has 0 aliphatic carbocycles. The molecule has 1 aromatic heterocycles. The van der Waals surface area contributed by atoms with Gasteiger partial charge in [0.1, 0.15) is 0 Å². The van der Waals surface area contributed by atoms with Gasteiger partial charge in [0.25, 0.3) is 0 Å². The first-order chi connectivity index (χ1) is 13.2. The number of piperazine rings is 1. The molecule has 27 heavy (non-hydrogen) atoms. The lowest BCUT2D eigenvalue weighted by Gasteiger charge is -2.34. The minimum Gasteiger partial charge on any atom is -0.383 e.